The largest absolute Gasteiger partial charge is 0.378 e. The van der Waals surface area contributed by atoms with Crippen LogP contribution in [0.5, 0.6) is 0 Å². The van der Waals surface area contributed by atoms with Gasteiger partial charge in [-0.3, -0.25) is 0 Å². The van der Waals surface area contributed by atoms with E-state index in [0.717, 1.165) is 13.0 Å². The molecule has 0 aromatic heterocycles. The van der Waals surface area contributed by atoms with Crippen LogP contribution in [-0.4, -0.2) is 12.7 Å². The maximum atomic E-state index is 5.78. The zero-order valence-electron chi connectivity index (χ0n) is 10.4. The van der Waals surface area contributed by atoms with Gasteiger partial charge in [0.2, 0.25) is 0 Å². The van der Waals surface area contributed by atoms with Crippen molar-refractivity contribution in [2.45, 2.75) is 61.0 Å². The summed E-state index contributed by atoms with van der Waals surface area (Å²) in [5, 5.41) is 0. The molecule has 1 heteroatoms. The second kappa shape index (κ2) is 4.45. The van der Waals surface area contributed by atoms with E-state index in [-0.39, 0.29) is 5.41 Å². The van der Waals surface area contributed by atoms with Crippen molar-refractivity contribution in [3.63, 3.8) is 0 Å². The molecule has 0 aliphatic carbocycles. The van der Waals surface area contributed by atoms with Crippen molar-refractivity contribution < 1.29 is 4.74 Å². The average Bonchev–Trinajstić information content (AvgIpc) is 1.81. The maximum absolute atomic E-state index is 5.78. The van der Waals surface area contributed by atoms with Gasteiger partial charge < -0.3 is 4.74 Å². The molecule has 0 aromatic rings. The first-order valence-corrected chi connectivity index (χ1v) is 5.28. The molecular weight excluding hydrogens is 160 g/mol. The number of rotatable bonds is 3. The molecule has 0 radical (unpaired) electrons. The van der Waals surface area contributed by atoms with Gasteiger partial charge in [-0.15, -0.1) is 0 Å². The molecule has 1 atom stereocenters. The van der Waals surface area contributed by atoms with Gasteiger partial charge in [0.15, 0.2) is 0 Å². The first kappa shape index (κ1) is 13.0. The van der Waals surface area contributed by atoms with Crippen LogP contribution in [0.25, 0.3) is 0 Å². The van der Waals surface area contributed by atoms with E-state index in [1.54, 1.807) is 0 Å². The highest BCUT2D eigenvalue weighted by Gasteiger charge is 2.29. The van der Waals surface area contributed by atoms with Crippen LogP contribution in [0.4, 0.5) is 0 Å². The molecular formula is C12H26O. The summed E-state index contributed by atoms with van der Waals surface area (Å²) in [6, 6.07) is 0. The van der Waals surface area contributed by atoms with E-state index < -0.39 is 0 Å². The lowest BCUT2D eigenvalue weighted by atomic mass is 9.78. The van der Waals surface area contributed by atoms with E-state index in [0.29, 0.717) is 11.5 Å². The summed E-state index contributed by atoms with van der Waals surface area (Å²) < 4.78 is 5.78. The fourth-order valence-corrected chi connectivity index (χ4v) is 1.37. The van der Waals surface area contributed by atoms with Crippen molar-refractivity contribution >= 4 is 0 Å². The van der Waals surface area contributed by atoms with Crippen molar-refractivity contribution in [3.05, 3.63) is 0 Å². The Kier molecular flexibility index (Phi) is 4.44. The zero-order chi connectivity index (χ0) is 10.7. The standard InChI is InChI=1S/C12H26O/c1-8-13-10(12(5,6)7)9-11(2,3)4/h10H,8-9H2,1-7H3. The number of ether oxygens (including phenoxy) is 1. The van der Waals surface area contributed by atoms with Crippen LogP contribution in [0.15, 0.2) is 0 Å². The molecule has 13 heavy (non-hydrogen) atoms. The first-order valence-electron chi connectivity index (χ1n) is 5.28. The van der Waals surface area contributed by atoms with Gasteiger partial charge in [0, 0.05) is 6.61 Å². The normalized spacial score (nSPS) is 15.9. The molecule has 0 aromatic carbocycles. The van der Waals surface area contributed by atoms with Crippen LogP contribution in [0, 0.1) is 10.8 Å². The second-order valence-corrected chi connectivity index (χ2v) is 6.07. The molecule has 0 aliphatic rings. The van der Waals surface area contributed by atoms with E-state index >= 15 is 0 Å². The Labute approximate surface area is 83.9 Å². The third-order valence-electron chi connectivity index (χ3n) is 2.13. The van der Waals surface area contributed by atoms with Gasteiger partial charge in [0.1, 0.15) is 0 Å². The lowest BCUT2D eigenvalue weighted by Crippen LogP contribution is -2.33. The van der Waals surface area contributed by atoms with Crippen LogP contribution < -0.4 is 0 Å². The summed E-state index contributed by atoms with van der Waals surface area (Å²) in [7, 11) is 0. The first-order chi connectivity index (χ1) is 5.67. The summed E-state index contributed by atoms with van der Waals surface area (Å²) >= 11 is 0. The Hall–Kier alpha value is -0.0400. The lowest BCUT2D eigenvalue weighted by Gasteiger charge is -2.35. The molecule has 0 saturated heterocycles. The molecule has 0 N–H and O–H groups in total. The van der Waals surface area contributed by atoms with Crippen LogP contribution in [0.2, 0.25) is 0 Å². The summed E-state index contributed by atoms with van der Waals surface area (Å²) in [5.41, 5.74) is 0.608. The molecule has 1 nitrogen and oxygen atoms in total. The summed E-state index contributed by atoms with van der Waals surface area (Å²) in [5.74, 6) is 0. The SMILES string of the molecule is CCOC(CC(C)(C)C)C(C)(C)C. The topological polar surface area (TPSA) is 9.23 Å². The lowest BCUT2D eigenvalue weighted by molar-refractivity contribution is -0.0347. The van der Waals surface area contributed by atoms with E-state index in [1.807, 2.05) is 0 Å². The third kappa shape index (κ3) is 6.09. The molecule has 0 heterocycles. The predicted octanol–water partition coefficient (Wildman–Crippen LogP) is 3.87. The maximum Gasteiger partial charge on any atom is 0.0628 e. The van der Waals surface area contributed by atoms with Gasteiger partial charge in [-0.05, 0) is 24.2 Å². The molecule has 0 saturated carbocycles. The van der Waals surface area contributed by atoms with Crippen molar-refractivity contribution in [1.82, 2.24) is 0 Å². The van der Waals surface area contributed by atoms with E-state index in [1.165, 1.54) is 0 Å². The Morgan fingerprint density at radius 1 is 1.00 bits per heavy atom. The van der Waals surface area contributed by atoms with E-state index in [2.05, 4.69) is 48.5 Å². The molecule has 80 valence electrons. The summed E-state index contributed by atoms with van der Waals surface area (Å²) in [4.78, 5) is 0. The minimum Gasteiger partial charge on any atom is -0.378 e. The fourth-order valence-electron chi connectivity index (χ4n) is 1.37. The molecule has 0 spiro atoms. The van der Waals surface area contributed by atoms with E-state index in [9.17, 15) is 0 Å². The Morgan fingerprint density at radius 3 is 1.69 bits per heavy atom. The van der Waals surface area contributed by atoms with Crippen LogP contribution >= 0.6 is 0 Å². The van der Waals surface area contributed by atoms with Crippen molar-refractivity contribution in [2.75, 3.05) is 6.61 Å². The molecule has 0 aliphatic heterocycles. The van der Waals surface area contributed by atoms with Crippen LogP contribution in [-0.2, 0) is 4.74 Å². The molecule has 0 rings (SSSR count). The second-order valence-electron chi connectivity index (χ2n) is 6.07. The van der Waals surface area contributed by atoms with Gasteiger partial charge in [-0.25, -0.2) is 0 Å². The highest BCUT2D eigenvalue weighted by atomic mass is 16.5. The summed E-state index contributed by atoms with van der Waals surface area (Å²) in [6.07, 6.45) is 1.50. The summed E-state index contributed by atoms with van der Waals surface area (Å²) in [6.45, 7) is 16.4. The van der Waals surface area contributed by atoms with E-state index in [4.69, 9.17) is 4.74 Å². The molecule has 0 fully saturated rings. The van der Waals surface area contributed by atoms with Crippen LogP contribution in [0.1, 0.15) is 54.9 Å². The van der Waals surface area contributed by atoms with Gasteiger partial charge in [-0.1, -0.05) is 41.5 Å². The Bertz CT molecular complexity index is 136. The molecule has 0 amide bonds. The average molecular weight is 186 g/mol. The van der Waals surface area contributed by atoms with Gasteiger partial charge >= 0.3 is 0 Å². The minimum atomic E-state index is 0.253. The molecule has 0 bridgehead atoms. The smallest absolute Gasteiger partial charge is 0.0628 e. The predicted molar refractivity (Wildman–Crippen MR) is 58.9 cm³/mol. The quantitative estimate of drug-likeness (QED) is 0.650. The van der Waals surface area contributed by atoms with Gasteiger partial charge in [0.05, 0.1) is 6.10 Å². The fraction of sp³-hybridized carbons (Fsp3) is 1.00. The van der Waals surface area contributed by atoms with Crippen molar-refractivity contribution in [1.29, 1.82) is 0 Å². The minimum absolute atomic E-state index is 0.253. The number of hydrogen-bond acceptors (Lipinski definition) is 1. The Morgan fingerprint density at radius 2 is 1.46 bits per heavy atom. The van der Waals surface area contributed by atoms with Gasteiger partial charge in [0.25, 0.3) is 0 Å². The monoisotopic (exact) mass is 186 g/mol. The van der Waals surface area contributed by atoms with Gasteiger partial charge in [-0.2, -0.15) is 0 Å². The van der Waals surface area contributed by atoms with Crippen molar-refractivity contribution in [2.24, 2.45) is 10.8 Å². The molecule has 1 unspecified atom stereocenters. The van der Waals surface area contributed by atoms with Crippen molar-refractivity contribution in [3.8, 4) is 0 Å². The van der Waals surface area contributed by atoms with Crippen LogP contribution in [0.3, 0.4) is 0 Å². The number of hydrogen-bond donors (Lipinski definition) is 0. The third-order valence-corrected chi connectivity index (χ3v) is 2.13. The highest BCUT2D eigenvalue weighted by Crippen LogP contribution is 2.32. The zero-order valence-corrected chi connectivity index (χ0v) is 10.4. The Balaban J connectivity index is 4.27. The highest BCUT2D eigenvalue weighted by molar-refractivity contribution is 4.79.